The third kappa shape index (κ3) is 76.2. The van der Waals surface area contributed by atoms with Crippen molar-refractivity contribution in [2.24, 2.45) is 0 Å². The van der Waals surface area contributed by atoms with Crippen LogP contribution in [-0.4, -0.2) is 129 Å². The molecule has 172 valence electrons. The van der Waals surface area contributed by atoms with Gasteiger partial charge in [-0.05, 0) is 91.0 Å². The van der Waals surface area contributed by atoms with Gasteiger partial charge in [-0.3, -0.25) is 9.13 Å². The Morgan fingerprint density at radius 3 is 0.667 bits per heavy atom. The number of hydrogen-bond donors (Lipinski definition) is 4. The average molecular weight is 441 g/mol. The molecule has 10 nitrogen and oxygen atoms in total. The van der Waals surface area contributed by atoms with Crippen LogP contribution in [0, 0.1) is 0 Å². The first-order chi connectivity index (χ1) is 11.6. The lowest BCUT2D eigenvalue weighted by molar-refractivity contribution is 0.337. The fourth-order valence-corrected chi connectivity index (χ4v) is 3.19. The molecule has 0 bridgehead atoms. The monoisotopic (exact) mass is 440 g/mol. The minimum absolute atomic E-state index is 0.242. The summed E-state index contributed by atoms with van der Waals surface area (Å²) in [5.41, 5.74) is 0. The Morgan fingerprint density at radius 1 is 0.556 bits per heavy atom. The molecule has 0 unspecified atom stereocenters. The van der Waals surface area contributed by atoms with Gasteiger partial charge in [-0.15, -0.1) is 0 Å². The van der Waals surface area contributed by atoms with Gasteiger partial charge in [-0.25, -0.2) is 0 Å². The van der Waals surface area contributed by atoms with Gasteiger partial charge in [0.2, 0.25) is 0 Å². The van der Waals surface area contributed by atoms with Crippen LogP contribution in [-0.2, 0) is 9.13 Å². The van der Waals surface area contributed by atoms with Crippen molar-refractivity contribution >= 4 is 15.2 Å². The zero-order valence-electron chi connectivity index (χ0n) is 19.6. The molecule has 12 heteroatoms. The molecule has 0 radical (unpaired) electrons. The molecule has 0 rings (SSSR count). The Balaban J connectivity index is -0.0000000841. The number of nitrogens with zero attached hydrogens (tertiary/aromatic N) is 4. The predicted octanol–water partition coefficient (Wildman–Crippen LogP) is 0.789. The Morgan fingerprint density at radius 2 is 0.667 bits per heavy atom. The summed E-state index contributed by atoms with van der Waals surface area (Å²) in [6, 6.07) is 0. The first kappa shape index (κ1) is 37.8. The highest BCUT2D eigenvalue weighted by molar-refractivity contribution is 7.70. The minimum Gasteiger partial charge on any atom is -0.324 e. The fraction of sp³-hybridized carbons (Fsp3) is 1.00. The molecule has 0 aromatic rings. The maximum Gasteiger partial charge on any atom is 0.340 e. The van der Waals surface area contributed by atoms with Crippen LogP contribution in [0.2, 0.25) is 0 Å². The summed E-state index contributed by atoms with van der Waals surface area (Å²) in [6.07, 6.45) is -0.242. The van der Waals surface area contributed by atoms with Crippen molar-refractivity contribution in [3.8, 4) is 0 Å². The van der Waals surface area contributed by atoms with Gasteiger partial charge in [0.1, 0.15) is 0 Å². The standard InChI is InChI=1S/4C3H9N.C3H10O6P2/c4*1-4(2)3;1-2-3(10(4,5)6)11(7,8)9/h4*1-3H3;3H,2H2,1H3,(H2,4,5,6)(H2,7,8,9). The van der Waals surface area contributed by atoms with Gasteiger partial charge in [0.25, 0.3) is 0 Å². The molecule has 0 spiro atoms. The molecule has 0 aromatic heterocycles. The minimum atomic E-state index is -4.66. The molecule has 0 aliphatic rings. The van der Waals surface area contributed by atoms with Gasteiger partial charge >= 0.3 is 15.2 Å². The van der Waals surface area contributed by atoms with Crippen LogP contribution in [0.5, 0.6) is 0 Å². The first-order valence-electron chi connectivity index (χ1n) is 8.16. The van der Waals surface area contributed by atoms with Gasteiger partial charge in [0, 0.05) is 0 Å². The molecule has 0 heterocycles. The summed E-state index contributed by atoms with van der Waals surface area (Å²) < 4.78 is 20.8. The molecule has 0 amide bonds. The van der Waals surface area contributed by atoms with Crippen molar-refractivity contribution in [1.29, 1.82) is 0 Å². The van der Waals surface area contributed by atoms with E-state index in [0.717, 1.165) is 0 Å². The molecule has 0 atom stereocenters. The van der Waals surface area contributed by atoms with E-state index in [9.17, 15) is 9.13 Å². The second kappa shape index (κ2) is 20.9. The average Bonchev–Trinajstić information content (AvgIpc) is 2.20. The zero-order chi connectivity index (χ0) is 23.6. The van der Waals surface area contributed by atoms with E-state index in [0.29, 0.717) is 0 Å². The fourth-order valence-electron chi connectivity index (χ4n) is 0.672. The van der Waals surface area contributed by atoms with Crippen LogP contribution in [0.25, 0.3) is 0 Å². The normalized spacial score (nSPS) is 11.0. The Labute approximate surface area is 167 Å². The van der Waals surface area contributed by atoms with E-state index >= 15 is 0 Å². The first-order valence-corrected chi connectivity index (χ1v) is 11.5. The van der Waals surface area contributed by atoms with Crippen molar-refractivity contribution in [3.05, 3.63) is 0 Å². The van der Waals surface area contributed by atoms with Gasteiger partial charge in [-0.2, -0.15) is 0 Å². The number of rotatable bonds is 3. The second-order valence-electron chi connectivity index (χ2n) is 7.43. The third-order valence-corrected chi connectivity index (χ3v) is 5.23. The third-order valence-electron chi connectivity index (χ3n) is 1.14. The Bertz CT molecular complexity index is 327. The highest BCUT2D eigenvalue weighted by atomic mass is 31.2. The molecule has 0 saturated heterocycles. The van der Waals surface area contributed by atoms with Gasteiger partial charge < -0.3 is 39.2 Å². The van der Waals surface area contributed by atoms with Crippen LogP contribution < -0.4 is 0 Å². The largest absolute Gasteiger partial charge is 0.340 e. The summed E-state index contributed by atoms with van der Waals surface area (Å²) >= 11 is 0. The lowest BCUT2D eigenvalue weighted by atomic mass is 10.6. The van der Waals surface area contributed by atoms with Crippen molar-refractivity contribution < 1.29 is 28.7 Å². The van der Waals surface area contributed by atoms with Gasteiger partial charge in [0.15, 0.2) is 5.40 Å². The lowest BCUT2D eigenvalue weighted by Gasteiger charge is -2.16. The molecule has 27 heavy (non-hydrogen) atoms. The second-order valence-corrected chi connectivity index (χ2v) is 11.4. The van der Waals surface area contributed by atoms with E-state index < -0.39 is 20.6 Å². The smallest absolute Gasteiger partial charge is 0.324 e. The van der Waals surface area contributed by atoms with Crippen molar-refractivity contribution in [2.45, 2.75) is 18.7 Å². The van der Waals surface area contributed by atoms with Crippen LogP contribution in [0.3, 0.4) is 0 Å². The summed E-state index contributed by atoms with van der Waals surface area (Å²) in [5.74, 6) is 0. The summed E-state index contributed by atoms with van der Waals surface area (Å²) in [7, 11) is 14.7. The van der Waals surface area contributed by atoms with E-state index in [-0.39, 0.29) is 6.42 Å². The van der Waals surface area contributed by atoms with E-state index in [1.807, 2.05) is 104 Å². The highest BCUT2D eigenvalue weighted by Crippen LogP contribution is 2.61. The quantitative estimate of drug-likeness (QED) is 0.468. The van der Waals surface area contributed by atoms with Crippen LogP contribution >= 0.6 is 15.2 Å². The van der Waals surface area contributed by atoms with Crippen LogP contribution in [0.4, 0.5) is 0 Å². The van der Waals surface area contributed by atoms with Crippen LogP contribution in [0.15, 0.2) is 0 Å². The summed E-state index contributed by atoms with van der Waals surface area (Å²) in [5, 5.41) is -1.85. The maximum absolute atomic E-state index is 10.4. The zero-order valence-corrected chi connectivity index (χ0v) is 21.4. The predicted molar refractivity (Wildman–Crippen MR) is 117 cm³/mol. The van der Waals surface area contributed by atoms with E-state index in [4.69, 9.17) is 19.6 Å². The molecular weight excluding hydrogens is 394 g/mol. The van der Waals surface area contributed by atoms with Crippen molar-refractivity contribution in [3.63, 3.8) is 0 Å². The van der Waals surface area contributed by atoms with Gasteiger partial charge in [0.05, 0.1) is 0 Å². The molecular formula is C15H46N4O6P2. The summed E-state index contributed by atoms with van der Waals surface area (Å²) in [6.45, 7) is 1.31. The van der Waals surface area contributed by atoms with E-state index in [2.05, 4.69) is 0 Å². The number of hydrogen-bond acceptors (Lipinski definition) is 6. The molecule has 0 aliphatic heterocycles. The summed E-state index contributed by atoms with van der Waals surface area (Å²) in [4.78, 5) is 41.7. The lowest BCUT2D eigenvalue weighted by Crippen LogP contribution is -2.07. The van der Waals surface area contributed by atoms with Crippen LogP contribution in [0.1, 0.15) is 13.3 Å². The molecule has 0 aromatic carbocycles. The van der Waals surface area contributed by atoms with Crippen molar-refractivity contribution in [2.75, 3.05) is 84.6 Å². The molecule has 0 fully saturated rings. The van der Waals surface area contributed by atoms with Crippen molar-refractivity contribution in [1.82, 2.24) is 19.6 Å². The highest BCUT2D eigenvalue weighted by Gasteiger charge is 2.41. The molecule has 0 saturated carbocycles. The SMILES string of the molecule is CCC(P(=O)(O)O)P(=O)(O)O.CN(C)C.CN(C)C.CN(C)C.CN(C)C. The Hall–Kier alpha value is 0.140. The van der Waals surface area contributed by atoms with E-state index in [1.165, 1.54) is 6.92 Å². The van der Waals surface area contributed by atoms with Gasteiger partial charge in [-0.1, -0.05) is 6.92 Å². The topological polar surface area (TPSA) is 128 Å². The van der Waals surface area contributed by atoms with E-state index in [1.54, 1.807) is 0 Å². The Kier molecular flexibility index (Phi) is 29.2. The molecule has 4 N–H and O–H groups in total. The molecule has 0 aliphatic carbocycles. The maximum atomic E-state index is 10.4.